The van der Waals surface area contributed by atoms with E-state index in [1.165, 1.54) is 0 Å². The molecule has 0 fully saturated rings. The number of amides is 1. The molecule has 18 heavy (non-hydrogen) atoms. The summed E-state index contributed by atoms with van der Waals surface area (Å²) in [6.45, 7) is -0.105. The van der Waals surface area contributed by atoms with Gasteiger partial charge in [0.15, 0.2) is 11.7 Å². The van der Waals surface area contributed by atoms with E-state index in [1.54, 1.807) is 38.4 Å². The average molecular weight is 269 g/mol. The molecule has 0 saturated heterocycles. The summed E-state index contributed by atoms with van der Waals surface area (Å²) in [5.41, 5.74) is 4.89. The van der Waals surface area contributed by atoms with E-state index >= 15 is 0 Å². The van der Waals surface area contributed by atoms with Crippen LogP contribution < -0.4 is 25.6 Å². The maximum Gasteiger partial charge on any atom is 0.276 e. The molecule has 0 radical (unpaired) electrons. The molecule has 0 unspecified atom stereocenters. The second-order valence-electron chi connectivity index (χ2n) is 3.22. The zero-order valence-electron chi connectivity index (χ0n) is 10.1. The fourth-order valence-corrected chi connectivity index (χ4v) is 1.10. The summed E-state index contributed by atoms with van der Waals surface area (Å²) in [6.07, 6.45) is 0. The van der Waals surface area contributed by atoms with E-state index in [2.05, 4.69) is 16.2 Å². The lowest BCUT2D eigenvalue weighted by molar-refractivity contribution is -0.123. The van der Waals surface area contributed by atoms with Gasteiger partial charge in [-0.3, -0.25) is 15.6 Å². The Hall–Kier alpha value is -2.02. The van der Waals surface area contributed by atoms with Gasteiger partial charge in [-0.1, -0.05) is 0 Å². The van der Waals surface area contributed by atoms with Crippen LogP contribution in [0.4, 0.5) is 0 Å². The number of hydrazine groups is 1. The Morgan fingerprint density at radius 2 is 1.83 bits per heavy atom. The standard InChI is InChI=1S/C11H15N3O3S/c1-12-11(18)14-13-10(15)7-17-9-5-3-8(16-2)4-6-9/h3-6H,7H2,1-2H3,(H,13,15)(H2,12,14,18). The third kappa shape index (κ3) is 4.88. The van der Waals surface area contributed by atoms with Crippen molar-refractivity contribution in [3.05, 3.63) is 24.3 Å². The smallest absolute Gasteiger partial charge is 0.276 e. The summed E-state index contributed by atoms with van der Waals surface area (Å²) in [4.78, 5) is 11.3. The topological polar surface area (TPSA) is 71.6 Å². The molecule has 0 aromatic heterocycles. The van der Waals surface area contributed by atoms with Gasteiger partial charge in [0.2, 0.25) is 0 Å². The lowest BCUT2D eigenvalue weighted by Gasteiger charge is -2.10. The van der Waals surface area contributed by atoms with Crippen LogP contribution in [0, 0.1) is 0 Å². The van der Waals surface area contributed by atoms with Crippen molar-refractivity contribution in [3.8, 4) is 11.5 Å². The Morgan fingerprint density at radius 1 is 1.22 bits per heavy atom. The number of carbonyl (C=O) groups excluding carboxylic acids is 1. The number of methoxy groups -OCH3 is 1. The van der Waals surface area contributed by atoms with Gasteiger partial charge in [0, 0.05) is 7.05 Å². The van der Waals surface area contributed by atoms with Crippen LogP contribution in [0.2, 0.25) is 0 Å². The first-order valence-electron chi connectivity index (χ1n) is 5.19. The lowest BCUT2D eigenvalue weighted by Crippen LogP contribution is -2.47. The third-order valence-corrected chi connectivity index (χ3v) is 2.28. The number of hydrogen-bond acceptors (Lipinski definition) is 4. The van der Waals surface area contributed by atoms with Gasteiger partial charge >= 0.3 is 0 Å². The summed E-state index contributed by atoms with van der Waals surface area (Å²) in [6, 6.07) is 6.94. The highest BCUT2D eigenvalue weighted by Crippen LogP contribution is 2.16. The molecule has 3 N–H and O–H groups in total. The Kier molecular flexibility index (Phi) is 5.72. The second kappa shape index (κ2) is 7.33. The number of carbonyl (C=O) groups is 1. The van der Waals surface area contributed by atoms with Gasteiger partial charge in [-0.2, -0.15) is 0 Å². The Bertz CT molecular complexity index is 408. The summed E-state index contributed by atoms with van der Waals surface area (Å²) in [7, 11) is 3.23. The molecule has 1 aromatic carbocycles. The second-order valence-corrected chi connectivity index (χ2v) is 3.62. The van der Waals surface area contributed by atoms with E-state index in [-0.39, 0.29) is 12.5 Å². The normalized spacial score (nSPS) is 9.22. The highest BCUT2D eigenvalue weighted by atomic mass is 32.1. The molecule has 1 aromatic rings. The van der Waals surface area contributed by atoms with Crippen LogP contribution in [0.1, 0.15) is 0 Å². The predicted octanol–water partition coefficient (Wildman–Crippen LogP) is 0.199. The number of hydrogen-bond donors (Lipinski definition) is 3. The highest BCUT2D eigenvalue weighted by Gasteiger charge is 2.02. The molecule has 0 bridgehead atoms. The molecule has 0 saturated carbocycles. The SMILES string of the molecule is CNC(=S)NNC(=O)COc1ccc(OC)cc1. The van der Waals surface area contributed by atoms with Gasteiger partial charge in [-0.25, -0.2) is 0 Å². The summed E-state index contributed by atoms with van der Waals surface area (Å²) in [5, 5.41) is 2.98. The zero-order valence-corrected chi connectivity index (χ0v) is 11.0. The maximum atomic E-state index is 11.3. The molecule has 7 heteroatoms. The van der Waals surface area contributed by atoms with E-state index in [0.717, 1.165) is 5.75 Å². The van der Waals surface area contributed by atoms with Crippen LogP contribution in [0.5, 0.6) is 11.5 Å². The minimum atomic E-state index is -0.330. The van der Waals surface area contributed by atoms with E-state index in [1.807, 2.05) is 0 Å². The van der Waals surface area contributed by atoms with Crippen molar-refractivity contribution >= 4 is 23.2 Å². The highest BCUT2D eigenvalue weighted by molar-refractivity contribution is 7.80. The van der Waals surface area contributed by atoms with Crippen LogP contribution in [0.3, 0.4) is 0 Å². The van der Waals surface area contributed by atoms with Gasteiger partial charge in [0.05, 0.1) is 7.11 Å². The number of benzene rings is 1. The fourth-order valence-electron chi connectivity index (χ4n) is 1.05. The van der Waals surface area contributed by atoms with Crippen molar-refractivity contribution in [1.82, 2.24) is 16.2 Å². The molecule has 0 aliphatic carbocycles. The minimum absolute atomic E-state index is 0.105. The van der Waals surface area contributed by atoms with E-state index in [9.17, 15) is 4.79 Å². The van der Waals surface area contributed by atoms with Crippen molar-refractivity contribution in [3.63, 3.8) is 0 Å². The summed E-state index contributed by atoms with van der Waals surface area (Å²) >= 11 is 4.79. The minimum Gasteiger partial charge on any atom is -0.497 e. The first-order valence-corrected chi connectivity index (χ1v) is 5.60. The van der Waals surface area contributed by atoms with Crippen LogP contribution in [0.15, 0.2) is 24.3 Å². The zero-order chi connectivity index (χ0) is 13.4. The van der Waals surface area contributed by atoms with Crippen molar-refractivity contribution in [2.45, 2.75) is 0 Å². The molecule has 98 valence electrons. The molecular weight excluding hydrogens is 254 g/mol. The first kappa shape index (κ1) is 14.0. The monoisotopic (exact) mass is 269 g/mol. The first-order chi connectivity index (χ1) is 8.65. The van der Waals surface area contributed by atoms with Gasteiger partial charge in [0.1, 0.15) is 11.5 Å². The molecule has 0 aliphatic heterocycles. The third-order valence-electron chi connectivity index (χ3n) is 1.97. The van der Waals surface area contributed by atoms with Crippen LogP contribution in [-0.4, -0.2) is 31.8 Å². The lowest BCUT2D eigenvalue weighted by atomic mass is 10.3. The van der Waals surface area contributed by atoms with E-state index in [0.29, 0.717) is 10.9 Å². The largest absolute Gasteiger partial charge is 0.497 e. The molecule has 0 atom stereocenters. The van der Waals surface area contributed by atoms with Gasteiger partial charge in [0.25, 0.3) is 5.91 Å². The maximum absolute atomic E-state index is 11.3. The Balaban J connectivity index is 2.31. The quantitative estimate of drug-likeness (QED) is 0.536. The number of thiocarbonyl (C=S) groups is 1. The molecular formula is C11H15N3O3S. The number of ether oxygens (including phenoxy) is 2. The number of rotatable bonds is 4. The molecule has 0 spiro atoms. The predicted molar refractivity (Wildman–Crippen MR) is 71.4 cm³/mol. The molecule has 6 nitrogen and oxygen atoms in total. The van der Waals surface area contributed by atoms with Gasteiger partial charge in [-0.05, 0) is 36.5 Å². The van der Waals surface area contributed by atoms with Crippen LogP contribution >= 0.6 is 12.2 Å². The van der Waals surface area contributed by atoms with Gasteiger partial charge in [-0.15, -0.1) is 0 Å². The average Bonchev–Trinajstić information content (AvgIpc) is 2.42. The molecule has 1 amide bonds. The summed E-state index contributed by atoms with van der Waals surface area (Å²) in [5.74, 6) is 0.985. The van der Waals surface area contributed by atoms with Crippen LogP contribution in [0.25, 0.3) is 0 Å². The van der Waals surface area contributed by atoms with Crippen molar-refractivity contribution in [2.24, 2.45) is 0 Å². The Labute approximate surface area is 111 Å². The van der Waals surface area contributed by atoms with E-state index < -0.39 is 0 Å². The van der Waals surface area contributed by atoms with Crippen molar-refractivity contribution in [1.29, 1.82) is 0 Å². The molecule has 0 heterocycles. The van der Waals surface area contributed by atoms with Crippen molar-refractivity contribution < 1.29 is 14.3 Å². The fraction of sp³-hybridized carbons (Fsp3) is 0.273. The summed E-state index contributed by atoms with van der Waals surface area (Å²) < 4.78 is 10.3. The van der Waals surface area contributed by atoms with Crippen molar-refractivity contribution in [2.75, 3.05) is 20.8 Å². The molecule has 0 aliphatic rings. The Morgan fingerprint density at radius 3 is 2.39 bits per heavy atom. The van der Waals surface area contributed by atoms with E-state index in [4.69, 9.17) is 21.7 Å². The van der Waals surface area contributed by atoms with Gasteiger partial charge < -0.3 is 14.8 Å². The van der Waals surface area contributed by atoms with Crippen LogP contribution in [-0.2, 0) is 4.79 Å². The molecule has 1 rings (SSSR count). The number of nitrogens with one attached hydrogen (secondary N) is 3.